The Morgan fingerprint density at radius 3 is 2.68 bits per heavy atom. The highest BCUT2D eigenvalue weighted by molar-refractivity contribution is 5.14. The number of nitrogens with one attached hydrogen (secondary N) is 1. The van der Waals surface area contributed by atoms with Crippen molar-refractivity contribution in [3.8, 4) is 6.07 Å². The lowest BCUT2D eigenvalue weighted by Gasteiger charge is -2.33. The first-order chi connectivity index (χ1) is 8.85. The van der Waals surface area contributed by atoms with E-state index in [1.165, 1.54) is 0 Å². The summed E-state index contributed by atoms with van der Waals surface area (Å²) in [6, 6.07) is 2.91. The molecule has 1 rings (SSSR count). The lowest BCUT2D eigenvalue weighted by molar-refractivity contribution is -0.0278. The van der Waals surface area contributed by atoms with E-state index in [0.717, 1.165) is 38.7 Å². The Kier molecular flexibility index (Phi) is 5.82. The lowest BCUT2D eigenvalue weighted by atomic mass is 9.85. The molecule has 0 heterocycles. The first-order valence-electron chi connectivity index (χ1n) is 7.68. The largest absolute Gasteiger partial charge is 0.376 e. The molecule has 1 saturated carbocycles. The molecule has 1 aliphatic carbocycles. The molecule has 110 valence electrons. The molecule has 0 spiro atoms. The van der Waals surface area contributed by atoms with Crippen LogP contribution >= 0.6 is 0 Å². The highest BCUT2D eigenvalue weighted by Crippen LogP contribution is 2.38. The van der Waals surface area contributed by atoms with E-state index in [4.69, 9.17) is 4.74 Å². The molecule has 19 heavy (non-hydrogen) atoms. The van der Waals surface area contributed by atoms with E-state index < -0.39 is 0 Å². The topological polar surface area (TPSA) is 45.0 Å². The second-order valence-corrected chi connectivity index (χ2v) is 6.72. The Hall–Kier alpha value is -0.590. The minimum atomic E-state index is -0.326. The number of nitrogens with zero attached hydrogens (tertiary/aromatic N) is 1. The molecule has 3 heteroatoms. The van der Waals surface area contributed by atoms with Gasteiger partial charge in [0.05, 0.1) is 11.7 Å². The van der Waals surface area contributed by atoms with E-state index in [9.17, 15) is 5.26 Å². The van der Waals surface area contributed by atoms with Gasteiger partial charge in [0.1, 0.15) is 5.54 Å². The molecule has 0 radical (unpaired) electrons. The molecule has 2 atom stereocenters. The quantitative estimate of drug-likeness (QED) is 0.765. The zero-order chi connectivity index (χ0) is 14.5. The van der Waals surface area contributed by atoms with Crippen LogP contribution in [0.3, 0.4) is 0 Å². The van der Waals surface area contributed by atoms with Crippen LogP contribution in [0.25, 0.3) is 0 Å². The van der Waals surface area contributed by atoms with Crippen LogP contribution < -0.4 is 5.32 Å². The zero-order valence-electron chi connectivity index (χ0n) is 13.3. The van der Waals surface area contributed by atoms with E-state index >= 15 is 0 Å². The van der Waals surface area contributed by atoms with Crippen LogP contribution in [0.1, 0.15) is 66.7 Å². The maximum Gasteiger partial charge on any atom is 0.109 e. The molecule has 1 aliphatic rings. The standard InChI is InChI=1S/C16H30N2O/c1-6-15(4,5)19-11-9-14-8-7-10-16(14,12-17)18-13(2)3/h13-14,18H,6-11H2,1-5H3. The summed E-state index contributed by atoms with van der Waals surface area (Å²) in [5.74, 6) is 0.424. The summed E-state index contributed by atoms with van der Waals surface area (Å²) in [6.07, 6.45) is 5.27. The Bertz CT molecular complexity index is 319. The molecule has 0 bridgehead atoms. The van der Waals surface area contributed by atoms with Crippen molar-refractivity contribution in [2.45, 2.75) is 83.9 Å². The van der Waals surface area contributed by atoms with Gasteiger partial charge in [0.2, 0.25) is 0 Å². The number of rotatable bonds is 7. The molecule has 0 aliphatic heterocycles. The van der Waals surface area contributed by atoms with Crippen molar-refractivity contribution in [1.29, 1.82) is 5.26 Å². The first-order valence-corrected chi connectivity index (χ1v) is 7.68. The van der Waals surface area contributed by atoms with Gasteiger partial charge in [-0.1, -0.05) is 13.3 Å². The molecule has 0 amide bonds. The summed E-state index contributed by atoms with van der Waals surface area (Å²) >= 11 is 0. The fourth-order valence-corrected chi connectivity index (χ4v) is 2.93. The van der Waals surface area contributed by atoms with Gasteiger partial charge in [-0.15, -0.1) is 0 Å². The number of hydrogen-bond donors (Lipinski definition) is 1. The van der Waals surface area contributed by atoms with Crippen molar-refractivity contribution < 1.29 is 4.74 Å². The van der Waals surface area contributed by atoms with E-state index in [-0.39, 0.29) is 11.1 Å². The average molecular weight is 266 g/mol. The van der Waals surface area contributed by atoms with Crippen LogP contribution in [-0.2, 0) is 4.74 Å². The maximum absolute atomic E-state index is 9.59. The molecular weight excluding hydrogens is 236 g/mol. The molecular formula is C16H30N2O. The van der Waals surface area contributed by atoms with Crippen LogP contribution in [0.15, 0.2) is 0 Å². The highest BCUT2D eigenvalue weighted by atomic mass is 16.5. The number of hydrogen-bond acceptors (Lipinski definition) is 3. The van der Waals surface area contributed by atoms with Gasteiger partial charge in [0, 0.05) is 12.6 Å². The maximum atomic E-state index is 9.59. The van der Waals surface area contributed by atoms with Crippen molar-refractivity contribution in [2.24, 2.45) is 5.92 Å². The average Bonchev–Trinajstić information content (AvgIpc) is 2.72. The van der Waals surface area contributed by atoms with Crippen LogP contribution in [0.2, 0.25) is 0 Å². The summed E-state index contributed by atoms with van der Waals surface area (Å²) in [4.78, 5) is 0. The fourth-order valence-electron chi connectivity index (χ4n) is 2.93. The van der Waals surface area contributed by atoms with Crippen molar-refractivity contribution in [1.82, 2.24) is 5.32 Å². The normalized spacial score (nSPS) is 27.7. The van der Waals surface area contributed by atoms with Crippen LogP contribution in [0.4, 0.5) is 0 Å². The van der Waals surface area contributed by atoms with Crippen LogP contribution in [0.5, 0.6) is 0 Å². The SMILES string of the molecule is CCC(C)(C)OCCC1CCCC1(C#N)NC(C)C. The van der Waals surface area contributed by atoms with Gasteiger partial charge in [-0.25, -0.2) is 0 Å². The molecule has 0 aromatic carbocycles. The molecule has 1 fully saturated rings. The van der Waals surface area contributed by atoms with Gasteiger partial charge >= 0.3 is 0 Å². The molecule has 0 saturated heterocycles. The van der Waals surface area contributed by atoms with Gasteiger partial charge in [0.25, 0.3) is 0 Å². The van der Waals surface area contributed by atoms with Crippen molar-refractivity contribution in [3.05, 3.63) is 0 Å². The lowest BCUT2D eigenvalue weighted by Crippen LogP contribution is -2.50. The predicted octanol–water partition coefficient (Wildman–Crippen LogP) is 3.64. The van der Waals surface area contributed by atoms with Gasteiger partial charge in [-0.3, -0.25) is 5.32 Å². The van der Waals surface area contributed by atoms with Gasteiger partial charge in [0.15, 0.2) is 0 Å². The Balaban J connectivity index is 2.54. The van der Waals surface area contributed by atoms with Gasteiger partial charge in [-0.2, -0.15) is 5.26 Å². The second kappa shape index (κ2) is 6.72. The summed E-state index contributed by atoms with van der Waals surface area (Å²) in [7, 11) is 0. The molecule has 3 nitrogen and oxygen atoms in total. The Morgan fingerprint density at radius 1 is 1.47 bits per heavy atom. The Morgan fingerprint density at radius 2 is 2.16 bits per heavy atom. The summed E-state index contributed by atoms with van der Waals surface area (Å²) in [5.41, 5.74) is -0.368. The summed E-state index contributed by atoms with van der Waals surface area (Å²) in [5, 5.41) is 13.1. The van der Waals surface area contributed by atoms with E-state index in [0.29, 0.717) is 12.0 Å². The zero-order valence-corrected chi connectivity index (χ0v) is 13.3. The van der Waals surface area contributed by atoms with Crippen molar-refractivity contribution >= 4 is 0 Å². The van der Waals surface area contributed by atoms with E-state index in [1.54, 1.807) is 0 Å². The molecule has 0 aromatic heterocycles. The molecule has 1 N–H and O–H groups in total. The van der Waals surface area contributed by atoms with E-state index in [1.807, 2.05) is 0 Å². The minimum Gasteiger partial charge on any atom is -0.376 e. The number of nitriles is 1. The van der Waals surface area contributed by atoms with Crippen LogP contribution in [-0.4, -0.2) is 23.8 Å². The second-order valence-electron chi connectivity index (χ2n) is 6.72. The molecule has 2 unspecified atom stereocenters. The molecule has 0 aromatic rings. The summed E-state index contributed by atoms with van der Waals surface area (Å²) in [6.45, 7) is 11.4. The highest BCUT2D eigenvalue weighted by Gasteiger charge is 2.43. The number of ether oxygens (including phenoxy) is 1. The summed E-state index contributed by atoms with van der Waals surface area (Å²) < 4.78 is 5.95. The van der Waals surface area contributed by atoms with Gasteiger partial charge in [-0.05, 0) is 59.3 Å². The Labute approximate surface area is 118 Å². The van der Waals surface area contributed by atoms with Crippen molar-refractivity contribution in [3.63, 3.8) is 0 Å². The fraction of sp³-hybridized carbons (Fsp3) is 0.938. The van der Waals surface area contributed by atoms with Gasteiger partial charge < -0.3 is 4.74 Å². The van der Waals surface area contributed by atoms with Crippen LogP contribution in [0, 0.1) is 17.2 Å². The third-order valence-corrected chi connectivity index (χ3v) is 4.38. The smallest absolute Gasteiger partial charge is 0.109 e. The first kappa shape index (κ1) is 16.5. The third kappa shape index (κ3) is 4.47. The monoisotopic (exact) mass is 266 g/mol. The third-order valence-electron chi connectivity index (χ3n) is 4.38. The predicted molar refractivity (Wildman–Crippen MR) is 78.9 cm³/mol. The van der Waals surface area contributed by atoms with Crippen molar-refractivity contribution in [2.75, 3.05) is 6.61 Å². The minimum absolute atomic E-state index is 0.0423. The van der Waals surface area contributed by atoms with E-state index in [2.05, 4.69) is 46.0 Å².